The molecule has 0 radical (unpaired) electrons. The van der Waals surface area contributed by atoms with Crippen LogP contribution in [0.5, 0.6) is 0 Å². The van der Waals surface area contributed by atoms with E-state index in [0.29, 0.717) is 0 Å². The van der Waals surface area contributed by atoms with Gasteiger partial charge in [0.2, 0.25) is 0 Å². The van der Waals surface area contributed by atoms with Crippen LogP contribution >= 0.6 is 0 Å². The topological polar surface area (TPSA) is 9.23 Å². The molecule has 1 nitrogen and oxygen atoms in total. The largest absolute Gasteiger partial charge is 1.00 e. The fourth-order valence-electron chi connectivity index (χ4n) is 0.718. The average Bonchev–Trinajstić information content (AvgIpc) is 2.03. The van der Waals surface area contributed by atoms with Crippen LogP contribution in [0.15, 0.2) is 24.7 Å². The van der Waals surface area contributed by atoms with Crippen molar-refractivity contribution in [2.24, 2.45) is 5.92 Å². The van der Waals surface area contributed by atoms with Crippen LogP contribution in [0.4, 0.5) is 0 Å². The van der Waals surface area contributed by atoms with Crippen molar-refractivity contribution in [3.8, 4) is 0 Å². The summed E-state index contributed by atoms with van der Waals surface area (Å²) in [5.41, 5.74) is 0. The first-order valence-corrected chi connectivity index (χ1v) is 3.81. The molecule has 0 aromatic rings. The molecule has 0 fully saturated rings. The number of allylic oxidation sites excluding steroid dienone is 2. The molecule has 0 amide bonds. The molecule has 0 heterocycles. The fourth-order valence-corrected chi connectivity index (χ4v) is 0.718. The quantitative estimate of drug-likeness (QED) is 0.341. The van der Waals surface area contributed by atoms with E-state index in [2.05, 4.69) is 20.4 Å². The zero-order chi connectivity index (χ0) is 8.69. The van der Waals surface area contributed by atoms with Crippen molar-refractivity contribution in [1.29, 1.82) is 0 Å². The Morgan fingerprint density at radius 3 is 2.33 bits per heavy atom. The number of hydrogen-bond acceptors (Lipinski definition) is 1. The van der Waals surface area contributed by atoms with Crippen LogP contribution in [-0.4, -0.2) is 0 Å². The summed E-state index contributed by atoms with van der Waals surface area (Å²) in [5.74, 6) is 1.04. The first kappa shape index (κ1) is 15.4. The predicted molar refractivity (Wildman–Crippen MR) is 48.5 cm³/mol. The van der Waals surface area contributed by atoms with Crippen LogP contribution in [0.1, 0.15) is 19.8 Å². The minimum Gasteiger partial charge on any atom is -0.470 e. The molecule has 0 saturated heterocycles. The minimum atomic E-state index is 0. The summed E-state index contributed by atoms with van der Waals surface area (Å²) in [4.78, 5) is 0. The average molecular weight is 191 g/mol. The molecule has 0 unspecified atom stereocenters. The van der Waals surface area contributed by atoms with Crippen molar-refractivity contribution in [2.45, 2.75) is 19.8 Å². The summed E-state index contributed by atoms with van der Waals surface area (Å²) in [7, 11) is 0. The number of ether oxygens (including phenoxy) is 1. The zero-order valence-corrected chi connectivity index (χ0v) is 11.3. The molecule has 0 rings (SSSR count). The van der Waals surface area contributed by atoms with Gasteiger partial charge in [0, 0.05) is 0 Å². The summed E-state index contributed by atoms with van der Waals surface area (Å²) in [6, 6.07) is 0. The molecule has 0 aliphatic carbocycles. The van der Waals surface area contributed by atoms with E-state index < -0.39 is 0 Å². The Kier molecular flexibility index (Phi) is 12.8. The van der Waals surface area contributed by atoms with Gasteiger partial charge in [0.1, 0.15) is 0 Å². The van der Waals surface area contributed by atoms with Gasteiger partial charge in [-0.25, -0.2) is 0 Å². The Morgan fingerprint density at radius 1 is 1.50 bits per heavy atom. The molecule has 0 aromatic carbocycles. The second-order valence-corrected chi connectivity index (χ2v) is 2.33. The van der Waals surface area contributed by atoms with Gasteiger partial charge < -0.3 is 18.6 Å². The van der Waals surface area contributed by atoms with Crippen molar-refractivity contribution < 1.29 is 56.1 Å². The van der Waals surface area contributed by atoms with E-state index in [1.807, 2.05) is 13.0 Å². The standard InChI is InChI=1S/C10H16O.K/c1-5-8-11-9(4)10(6-2)7-3;/h5,8,10H,2-4,6-7H2,1H3;/q-2;+1/b8-5-;. The van der Waals surface area contributed by atoms with Crippen molar-refractivity contribution in [1.82, 2.24) is 0 Å². The zero-order valence-electron chi connectivity index (χ0n) is 8.18. The summed E-state index contributed by atoms with van der Waals surface area (Å²) in [6.45, 7) is 13.2. The molecule has 64 valence electrons. The number of hydrogen-bond donors (Lipinski definition) is 0. The van der Waals surface area contributed by atoms with E-state index in [1.54, 1.807) is 6.26 Å². The minimum absolute atomic E-state index is 0. The summed E-state index contributed by atoms with van der Waals surface area (Å²) in [5, 5.41) is 0. The van der Waals surface area contributed by atoms with Crippen molar-refractivity contribution in [2.75, 3.05) is 0 Å². The predicted octanol–water partition coefficient (Wildman–Crippen LogP) is 0.119. The third-order valence-electron chi connectivity index (χ3n) is 1.51. The molecule has 0 aliphatic rings. The van der Waals surface area contributed by atoms with E-state index in [9.17, 15) is 0 Å². The maximum absolute atomic E-state index is 5.18. The van der Waals surface area contributed by atoms with Gasteiger partial charge in [0.05, 0.1) is 12.0 Å². The molecule has 0 N–H and O–H groups in total. The van der Waals surface area contributed by atoms with Gasteiger partial charge in [-0.1, -0.05) is 12.7 Å². The maximum Gasteiger partial charge on any atom is 1.00 e. The van der Waals surface area contributed by atoms with Crippen molar-refractivity contribution in [3.63, 3.8) is 0 Å². The van der Waals surface area contributed by atoms with Gasteiger partial charge in [-0.15, -0.1) is 0 Å². The monoisotopic (exact) mass is 191 g/mol. The van der Waals surface area contributed by atoms with Gasteiger partial charge >= 0.3 is 51.4 Å². The molecule has 2 heteroatoms. The third kappa shape index (κ3) is 6.43. The van der Waals surface area contributed by atoms with Gasteiger partial charge in [-0.05, 0) is 12.8 Å². The van der Waals surface area contributed by atoms with Crippen LogP contribution in [0.25, 0.3) is 0 Å². The maximum atomic E-state index is 5.18. The van der Waals surface area contributed by atoms with Crippen molar-refractivity contribution in [3.05, 3.63) is 38.5 Å². The van der Waals surface area contributed by atoms with Crippen LogP contribution in [0.3, 0.4) is 0 Å². The molecule has 0 saturated carbocycles. The molecule has 0 aliphatic heterocycles. The Bertz CT molecular complexity index is 137. The molecule has 0 spiro atoms. The van der Waals surface area contributed by atoms with E-state index >= 15 is 0 Å². The van der Waals surface area contributed by atoms with E-state index in [0.717, 1.165) is 18.6 Å². The van der Waals surface area contributed by atoms with Crippen molar-refractivity contribution >= 4 is 0 Å². The van der Waals surface area contributed by atoms with Gasteiger partial charge in [0.15, 0.2) is 0 Å². The molecular formula is C10H16KO-. The molecular weight excluding hydrogens is 175 g/mol. The SMILES string of the molecule is C=C(O/C=C\C)C(C[CH2-])C[CH2-].[K+]. The van der Waals surface area contributed by atoms with E-state index in [-0.39, 0.29) is 57.3 Å². The Labute approximate surface area is 119 Å². The van der Waals surface area contributed by atoms with Crippen LogP contribution in [0.2, 0.25) is 0 Å². The molecule has 0 aromatic heterocycles. The second-order valence-electron chi connectivity index (χ2n) is 2.33. The Morgan fingerprint density at radius 2 is 2.00 bits per heavy atom. The smallest absolute Gasteiger partial charge is 0.470 e. The van der Waals surface area contributed by atoms with E-state index in [1.165, 1.54) is 0 Å². The van der Waals surface area contributed by atoms with Crippen LogP contribution < -0.4 is 51.4 Å². The van der Waals surface area contributed by atoms with Gasteiger partial charge in [-0.2, -0.15) is 12.8 Å². The normalized spacial score (nSPS) is 10.0. The second kappa shape index (κ2) is 10.0. The van der Waals surface area contributed by atoms with Gasteiger partial charge in [0.25, 0.3) is 0 Å². The summed E-state index contributed by atoms with van der Waals surface area (Å²) >= 11 is 0. The van der Waals surface area contributed by atoms with Crippen LogP contribution in [-0.2, 0) is 4.74 Å². The Balaban J connectivity index is 0. The third-order valence-corrected chi connectivity index (χ3v) is 1.51. The molecule has 0 atom stereocenters. The summed E-state index contributed by atoms with van der Waals surface area (Å²) < 4.78 is 5.18. The first-order chi connectivity index (χ1) is 5.26. The Hall–Kier alpha value is 0.916. The van der Waals surface area contributed by atoms with Gasteiger partial charge in [-0.3, -0.25) is 0 Å². The fraction of sp³-hybridized carbons (Fsp3) is 0.400. The first-order valence-electron chi connectivity index (χ1n) is 3.81. The molecule has 0 bridgehead atoms. The molecule has 12 heavy (non-hydrogen) atoms. The van der Waals surface area contributed by atoms with Crippen LogP contribution in [0, 0.1) is 19.8 Å². The summed E-state index contributed by atoms with van der Waals surface area (Å²) in [6.07, 6.45) is 5.04. The van der Waals surface area contributed by atoms with E-state index in [4.69, 9.17) is 4.74 Å². The number of rotatable bonds is 5.